The number of amides is 1. The zero-order chi connectivity index (χ0) is 25.0. The molecule has 0 aliphatic rings. The molecule has 34 heavy (non-hydrogen) atoms. The molecule has 1 heterocycles. The Bertz CT molecular complexity index is 1250. The van der Waals surface area contributed by atoms with Crippen LogP contribution in [0, 0.1) is 6.92 Å². The second kappa shape index (κ2) is 9.99. The number of carbonyl (C=O) groups is 2. The minimum absolute atomic E-state index is 0.233. The summed E-state index contributed by atoms with van der Waals surface area (Å²) in [6.45, 7) is 8.65. The fourth-order valence-electron chi connectivity index (χ4n) is 3.42. The van der Waals surface area contributed by atoms with Crippen LogP contribution in [-0.2, 0) is 9.53 Å². The number of carbonyl (C=O) groups excluding carboxylic acids is 2. The average Bonchev–Trinajstić information content (AvgIpc) is 2.78. The Balaban J connectivity index is 1.90. The molecule has 2 aromatic carbocycles. The molecule has 0 bridgehead atoms. The van der Waals surface area contributed by atoms with Crippen molar-refractivity contribution in [3.63, 3.8) is 0 Å². The molecule has 180 valence electrons. The molecule has 1 atom stereocenters. The number of rotatable bonds is 6. The molecule has 0 spiro atoms. The summed E-state index contributed by atoms with van der Waals surface area (Å²) in [6, 6.07) is 11.2. The highest BCUT2D eigenvalue weighted by Gasteiger charge is 2.25. The maximum absolute atomic E-state index is 12.8. The summed E-state index contributed by atoms with van der Waals surface area (Å²) in [5.74, 6) is 0.285. The van der Waals surface area contributed by atoms with Gasteiger partial charge in [0.15, 0.2) is 0 Å². The Labute approximate surface area is 197 Å². The molecule has 3 aromatic rings. The quantitative estimate of drug-likeness (QED) is 0.309. The normalized spacial score (nSPS) is 12.2. The van der Waals surface area contributed by atoms with Crippen LogP contribution in [0.1, 0.15) is 39.7 Å². The largest absolute Gasteiger partial charge is 0.497 e. The molecule has 0 radical (unpaired) electrons. The monoisotopic (exact) mass is 467 g/mol. The topological polar surface area (TPSA) is 104 Å². The van der Waals surface area contributed by atoms with Crippen molar-refractivity contribution in [1.82, 2.24) is 5.32 Å². The van der Waals surface area contributed by atoms with E-state index in [-0.39, 0.29) is 5.75 Å². The van der Waals surface area contributed by atoms with Crippen molar-refractivity contribution in [3.05, 3.63) is 58.4 Å². The van der Waals surface area contributed by atoms with E-state index in [9.17, 15) is 14.4 Å². The van der Waals surface area contributed by atoms with E-state index in [4.69, 9.17) is 18.6 Å². The Morgan fingerprint density at radius 1 is 1.09 bits per heavy atom. The lowest BCUT2D eigenvalue weighted by Gasteiger charge is -2.22. The zero-order valence-corrected chi connectivity index (χ0v) is 20.2. The summed E-state index contributed by atoms with van der Waals surface area (Å²) >= 11 is 0. The standard InChI is InChI=1S/C26H29NO7/c1-7-20(27-25(30)34-26(3,4)5)24(29)32-21-13-12-18-19(14-22(28)33-23(18)15(21)2)16-8-10-17(31-6)11-9-16/h8-14,20H,7H2,1-6H3,(H,27,30)/t20-/m1/s1. The third-order valence-corrected chi connectivity index (χ3v) is 5.11. The average molecular weight is 468 g/mol. The maximum Gasteiger partial charge on any atom is 0.408 e. The molecular weight excluding hydrogens is 438 g/mol. The Morgan fingerprint density at radius 2 is 1.76 bits per heavy atom. The lowest BCUT2D eigenvalue weighted by Crippen LogP contribution is -2.44. The number of alkyl carbamates (subject to hydrolysis) is 1. The Hall–Kier alpha value is -3.81. The van der Waals surface area contributed by atoms with Gasteiger partial charge in [0, 0.05) is 17.0 Å². The number of fused-ring (bicyclic) bond motifs is 1. The van der Waals surface area contributed by atoms with Gasteiger partial charge in [-0.2, -0.15) is 0 Å². The number of hydrogen-bond donors (Lipinski definition) is 1. The minimum atomic E-state index is -0.900. The number of aryl methyl sites for hydroxylation is 1. The van der Waals surface area contributed by atoms with Crippen molar-refractivity contribution in [2.75, 3.05) is 7.11 Å². The highest BCUT2D eigenvalue weighted by molar-refractivity contribution is 5.96. The summed E-state index contributed by atoms with van der Waals surface area (Å²) in [5, 5.41) is 3.22. The van der Waals surface area contributed by atoms with Gasteiger partial charge in [-0.25, -0.2) is 14.4 Å². The van der Waals surface area contributed by atoms with Crippen molar-refractivity contribution >= 4 is 23.0 Å². The smallest absolute Gasteiger partial charge is 0.408 e. The lowest BCUT2D eigenvalue weighted by atomic mass is 10.00. The van der Waals surface area contributed by atoms with Gasteiger partial charge in [0.25, 0.3) is 0 Å². The van der Waals surface area contributed by atoms with Crippen LogP contribution >= 0.6 is 0 Å². The van der Waals surface area contributed by atoms with E-state index < -0.39 is 29.3 Å². The number of nitrogens with one attached hydrogen (secondary N) is 1. The molecule has 8 nitrogen and oxygen atoms in total. The summed E-state index contributed by atoms with van der Waals surface area (Å²) in [5.41, 5.74) is 1.09. The zero-order valence-electron chi connectivity index (χ0n) is 20.2. The van der Waals surface area contributed by atoms with Crippen molar-refractivity contribution in [1.29, 1.82) is 0 Å². The Morgan fingerprint density at radius 3 is 2.35 bits per heavy atom. The molecule has 3 rings (SSSR count). The third kappa shape index (κ3) is 5.75. The molecule has 0 saturated heterocycles. The number of ether oxygens (including phenoxy) is 3. The van der Waals surface area contributed by atoms with Crippen LogP contribution in [0.15, 0.2) is 51.7 Å². The van der Waals surface area contributed by atoms with E-state index in [0.29, 0.717) is 34.3 Å². The van der Waals surface area contributed by atoms with E-state index >= 15 is 0 Å². The van der Waals surface area contributed by atoms with Crippen molar-refractivity contribution in [3.8, 4) is 22.6 Å². The molecule has 0 aliphatic carbocycles. The lowest BCUT2D eigenvalue weighted by molar-refractivity contribution is -0.136. The molecule has 1 N–H and O–H groups in total. The fourth-order valence-corrected chi connectivity index (χ4v) is 3.42. The Kier molecular flexibility index (Phi) is 7.29. The second-order valence-electron chi connectivity index (χ2n) is 8.80. The van der Waals surface area contributed by atoms with Gasteiger partial charge in [0.2, 0.25) is 0 Å². The molecule has 1 aromatic heterocycles. The first-order valence-electron chi connectivity index (χ1n) is 11.0. The predicted molar refractivity (Wildman–Crippen MR) is 128 cm³/mol. The highest BCUT2D eigenvalue weighted by Crippen LogP contribution is 2.34. The maximum atomic E-state index is 12.8. The number of methoxy groups -OCH3 is 1. The molecule has 0 fully saturated rings. The van der Waals surface area contributed by atoms with E-state index in [1.165, 1.54) is 6.07 Å². The number of esters is 1. The highest BCUT2D eigenvalue weighted by atomic mass is 16.6. The van der Waals surface area contributed by atoms with Gasteiger partial charge < -0.3 is 23.9 Å². The van der Waals surface area contributed by atoms with Gasteiger partial charge in [0.05, 0.1) is 7.11 Å². The van der Waals surface area contributed by atoms with E-state index in [1.54, 1.807) is 66.0 Å². The van der Waals surface area contributed by atoms with Crippen molar-refractivity contribution in [2.45, 2.75) is 52.7 Å². The summed E-state index contributed by atoms with van der Waals surface area (Å²) in [7, 11) is 1.58. The second-order valence-corrected chi connectivity index (χ2v) is 8.80. The molecule has 1 amide bonds. The first kappa shape index (κ1) is 24.8. The van der Waals surface area contributed by atoms with Crippen LogP contribution in [0.25, 0.3) is 22.1 Å². The van der Waals surface area contributed by atoms with Crippen LogP contribution < -0.4 is 20.4 Å². The minimum Gasteiger partial charge on any atom is -0.497 e. The predicted octanol–water partition coefficient (Wildman–Crippen LogP) is 4.99. The van der Waals surface area contributed by atoms with Crippen LogP contribution in [0.4, 0.5) is 4.79 Å². The SMILES string of the molecule is CC[C@@H](NC(=O)OC(C)(C)C)C(=O)Oc1ccc2c(-c3ccc(OC)cc3)cc(=O)oc2c1C. The summed E-state index contributed by atoms with van der Waals surface area (Å²) in [4.78, 5) is 37.1. The van der Waals surface area contributed by atoms with Gasteiger partial charge >= 0.3 is 17.7 Å². The van der Waals surface area contributed by atoms with E-state index in [0.717, 1.165) is 5.56 Å². The molecular formula is C26H29NO7. The molecule has 0 saturated carbocycles. The van der Waals surface area contributed by atoms with Gasteiger partial charge in [-0.15, -0.1) is 0 Å². The van der Waals surface area contributed by atoms with Crippen LogP contribution in [0.3, 0.4) is 0 Å². The summed E-state index contributed by atoms with van der Waals surface area (Å²) in [6.07, 6.45) is -0.400. The molecule has 8 heteroatoms. The van der Waals surface area contributed by atoms with Gasteiger partial charge in [-0.3, -0.25) is 0 Å². The van der Waals surface area contributed by atoms with Crippen LogP contribution in [-0.4, -0.2) is 30.8 Å². The van der Waals surface area contributed by atoms with Crippen molar-refractivity contribution in [2.24, 2.45) is 0 Å². The molecule has 0 aliphatic heterocycles. The number of benzene rings is 2. The van der Waals surface area contributed by atoms with Crippen LogP contribution in [0.5, 0.6) is 11.5 Å². The number of hydrogen-bond acceptors (Lipinski definition) is 7. The fraction of sp³-hybridized carbons (Fsp3) is 0.346. The third-order valence-electron chi connectivity index (χ3n) is 5.11. The van der Waals surface area contributed by atoms with Gasteiger partial charge in [-0.1, -0.05) is 19.1 Å². The van der Waals surface area contributed by atoms with Gasteiger partial charge in [0.1, 0.15) is 28.7 Å². The molecule has 0 unspecified atom stereocenters. The van der Waals surface area contributed by atoms with E-state index in [1.807, 2.05) is 12.1 Å². The first-order chi connectivity index (χ1) is 16.0. The van der Waals surface area contributed by atoms with Crippen LogP contribution in [0.2, 0.25) is 0 Å². The van der Waals surface area contributed by atoms with Gasteiger partial charge in [-0.05, 0) is 69.5 Å². The van der Waals surface area contributed by atoms with Crippen molar-refractivity contribution < 1.29 is 28.2 Å². The summed E-state index contributed by atoms with van der Waals surface area (Å²) < 4.78 is 21.5. The first-order valence-corrected chi connectivity index (χ1v) is 11.0. The van der Waals surface area contributed by atoms with E-state index in [2.05, 4.69) is 5.32 Å².